The topological polar surface area (TPSA) is 142 Å². The second-order valence-electron chi connectivity index (χ2n) is 8.89. The zero-order valence-electron chi connectivity index (χ0n) is 21.2. The Balaban J connectivity index is 2.29. The van der Waals surface area contributed by atoms with E-state index in [2.05, 4.69) is 11.9 Å². The number of aliphatic hydroxyl groups is 1. The standard InChI is InChI=1S/C26H27F3N2O7S/c1-5-16-14(2)18-13-38-23(33)20(18)21(30-3)17(16)11-12-19(26(27,28)29)22(32)25(24(34)35,31-39(4,36)37)15-9-7-6-8-10-15/h5-10,12,22,30-32H,1,11,13H2,2-4H3,(H,34,35). The number of carboxylic acids is 1. The number of carbonyl (C=O) groups is 2. The Morgan fingerprint density at radius 1 is 1.26 bits per heavy atom. The van der Waals surface area contributed by atoms with Gasteiger partial charge in [0.2, 0.25) is 10.0 Å². The number of rotatable bonds is 10. The quantitative estimate of drug-likeness (QED) is 0.253. The molecule has 3 rings (SSSR count). The van der Waals surface area contributed by atoms with Crippen LogP contribution in [0.2, 0.25) is 0 Å². The van der Waals surface area contributed by atoms with E-state index >= 15 is 0 Å². The molecule has 210 valence electrons. The number of sulfonamides is 1. The molecular weight excluding hydrogens is 541 g/mol. The van der Waals surface area contributed by atoms with Gasteiger partial charge in [-0.3, -0.25) is 0 Å². The number of nitrogens with one attached hydrogen (secondary N) is 2. The van der Waals surface area contributed by atoms with Crippen molar-refractivity contribution in [2.45, 2.75) is 37.8 Å². The fourth-order valence-corrected chi connectivity index (χ4v) is 5.67. The number of alkyl halides is 3. The van der Waals surface area contributed by atoms with Gasteiger partial charge in [-0.05, 0) is 35.6 Å². The van der Waals surface area contributed by atoms with E-state index in [0.29, 0.717) is 29.0 Å². The van der Waals surface area contributed by atoms with Gasteiger partial charge in [0.1, 0.15) is 12.7 Å². The maximum atomic E-state index is 14.4. The third kappa shape index (κ3) is 5.56. The molecule has 0 spiro atoms. The first-order valence-electron chi connectivity index (χ1n) is 11.5. The van der Waals surface area contributed by atoms with Crippen molar-refractivity contribution < 1.29 is 46.1 Å². The number of anilines is 1. The predicted octanol–water partition coefficient (Wildman–Crippen LogP) is 3.27. The minimum atomic E-state index is -5.28. The van der Waals surface area contributed by atoms with Crippen LogP contribution in [-0.4, -0.2) is 56.2 Å². The van der Waals surface area contributed by atoms with E-state index in [4.69, 9.17) is 4.74 Å². The molecule has 13 heteroatoms. The Morgan fingerprint density at radius 3 is 2.36 bits per heavy atom. The van der Waals surface area contributed by atoms with Gasteiger partial charge in [0, 0.05) is 12.6 Å². The number of ether oxygens (including phenoxy) is 1. The van der Waals surface area contributed by atoms with Gasteiger partial charge in [0.25, 0.3) is 0 Å². The van der Waals surface area contributed by atoms with E-state index in [-0.39, 0.29) is 23.4 Å². The van der Waals surface area contributed by atoms with Crippen LogP contribution in [0.1, 0.15) is 38.2 Å². The first-order valence-corrected chi connectivity index (χ1v) is 13.4. The molecule has 2 aromatic rings. The van der Waals surface area contributed by atoms with Crippen LogP contribution in [0.4, 0.5) is 18.9 Å². The summed E-state index contributed by atoms with van der Waals surface area (Å²) in [5, 5.41) is 24.0. The third-order valence-electron chi connectivity index (χ3n) is 6.51. The number of fused-ring (bicyclic) bond motifs is 1. The number of aliphatic hydroxyl groups excluding tert-OH is 1. The largest absolute Gasteiger partial charge is 0.480 e. The van der Waals surface area contributed by atoms with Gasteiger partial charge in [-0.25, -0.2) is 18.0 Å². The molecular formula is C26H27F3N2O7S. The number of carbonyl (C=O) groups excluding carboxylic acids is 1. The van der Waals surface area contributed by atoms with Crippen LogP contribution < -0.4 is 10.0 Å². The smallest absolute Gasteiger partial charge is 0.414 e. The normalized spacial score (nSPS) is 16.2. The second-order valence-corrected chi connectivity index (χ2v) is 10.6. The first kappa shape index (κ1) is 29.9. The van der Waals surface area contributed by atoms with E-state index in [1.807, 2.05) is 0 Å². The Kier molecular flexibility index (Phi) is 8.29. The predicted molar refractivity (Wildman–Crippen MR) is 138 cm³/mol. The molecule has 2 aromatic carbocycles. The molecule has 0 aromatic heterocycles. The molecule has 2 atom stereocenters. The highest BCUT2D eigenvalue weighted by atomic mass is 32.2. The van der Waals surface area contributed by atoms with E-state index in [9.17, 15) is 41.4 Å². The number of carboxylic acid groups (broad SMARTS) is 1. The number of hydrogen-bond donors (Lipinski definition) is 4. The summed E-state index contributed by atoms with van der Waals surface area (Å²) in [6.45, 7) is 5.36. The zero-order valence-corrected chi connectivity index (χ0v) is 22.0. The molecule has 0 saturated heterocycles. The number of aliphatic carboxylic acids is 1. The third-order valence-corrected chi connectivity index (χ3v) is 7.20. The fourth-order valence-electron chi connectivity index (χ4n) is 4.77. The van der Waals surface area contributed by atoms with Gasteiger partial charge in [0.15, 0.2) is 5.54 Å². The second kappa shape index (κ2) is 10.8. The number of hydrogen-bond acceptors (Lipinski definition) is 7. The Labute approximate surface area is 223 Å². The summed E-state index contributed by atoms with van der Waals surface area (Å²) in [5.74, 6) is -2.72. The summed E-state index contributed by atoms with van der Waals surface area (Å²) >= 11 is 0. The molecule has 0 saturated carbocycles. The van der Waals surface area contributed by atoms with Crippen molar-refractivity contribution >= 4 is 33.7 Å². The van der Waals surface area contributed by atoms with Crippen molar-refractivity contribution in [1.82, 2.24) is 4.72 Å². The molecule has 1 heterocycles. The van der Waals surface area contributed by atoms with Crippen LogP contribution in [-0.2, 0) is 38.1 Å². The molecule has 0 bridgehead atoms. The molecule has 9 nitrogen and oxygen atoms in total. The van der Waals surface area contributed by atoms with Crippen molar-refractivity contribution in [3.8, 4) is 0 Å². The molecule has 2 unspecified atom stereocenters. The minimum Gasteiger partial charge on any atom is -0.480 e. The number of allylic oxidation sites excluding steroid dienone is 1. The first-order chi connectivity index (χ1) is 18.1. The lowest BCUT2D eigenvalue weighted by Gasteiger charge is -2.36. The van der Waals surface area contributed by atoms with Gasteiger partial charge in [0.05, 0.1) is 23.1 Å². The molecule has 1 aliphatic heterocycles. The van der Waals surface area contributed by atoms with Gasteiger partial charge in [-0.2, -0.15) is 17.9 Å². The Hall–Kier alpha value is -3.68. The number of benzene rings is 2. The van der Waals surface area contributed by atoms with Crippen LogP contribution in [0.25, 0.3) is 6.08 Å². The summed E-state index contributed by atoms with van der Waals surface area (Å²) in [5.41, 5.74) is -3.16. The zero-order chi connectivity index (χ0) is 29.3. The van der Waals surface area contributed by atoms with Gasteiger partial charge in [-0.15, -0.1) is 0 Å². The van der Waals surface area contributed by atoms with Crippen molar-refractivity contribution in [3.05, 3.63) is 81.9 Å². The summed E-state index contributed by atoms with van der Waals surface area (Å²) in [6, 6.07) is 6.22. The van der Waals surface area contributed by atoms with E-state index in [0.717, 1.165) is 12.1 Å². The number of esters is 1. The summed E-state index contributed by atoms with van der Waals surface area (Å²) < 4.78 is 74.5. The van der Waals surface area contributed by atoms with Crippen LogP contribution in [0, 0.1) is 6.92 Å². The molecule has 0 fully saturated rings. The highest BCUT2D eigenvalue weighted by molar-refractivity contribution is 7.88. The van der Waals surface area contributed by atoms with Crippen LogP contribution >= 0.6 is 0 Å². The lowest BCUT2D eigenvalue weighted by atomic mass is 9.80. The molecule has 0 amide bonds. The van der Waals surface area contributed by atoms with Crippen molar-refractivity contribution in [2.75, 3.05) is 18.6 Å². The van der Waals surface area contributed by atoms with Crippen LogP contribution in [0.15, 0.2) is 48.6 Å². The van der Waals surface area contributed by atoms with E-state index in [1.165, 1.54) is 31.3 Å². The van der Waals surface area contributed by atoms with E-state index < -0.39 is 57.3 Å². The summed E-state index contributed by atoms with van der Waals surface area (Å²) in [7, 11) is -3.00. The van der Waals surface area contributed by atoms with Gasteiger partial charge < -0.3 is 20.3 Å². The lowest BCUT2D eigenvalue weighted by Crippen LogP contribution is -2.60. The van der Waals surface area contributed by atoms with Crippen molar-refractivity contribution in [1.29, 1.82) is 0 Å². The SMILES string of the molecule is C=Cc1c(C)c2c(c(NC)c1CC=C(C(O)C(NS(C)(=O)=O)(C(=O)O)c1ccccc1)C(F)(F)F)C(=O)OC2. The summed E-state index contributed by atoms with van der Waals surface area (Å²) in [6.07, 6.45) is -6.19. The highest BCUT2D eigenvalue weighted by Gasteiger charge is 2.55. The number of cyclic esters (lactones) is 1. The Bertz CT molecular complexity index is 1450. The molecule has 1 aliphatic rings. The number of halogens is 3. The van der Waals surface area contributed by atoms with Gasteiger partial charge in [-0.1, -0.05) is 49.1 Å². The Morgan fingerprint density at radius 2 is 1.87 bits per heavy atom. The summed E-state index contributed by atoms with van der Waals surface area (Å²) in [4.78, 5) is 24.9. The maximum absolute atomic E-state index is 14.4. The van der Waals surface area contributed by atoms with Crippen molar-refractivity contribution in [2.24, 2.45) is 0 Å². The van der Waals surface area contributed by atoms with E-state index in [1.54, 1.807) is 11.6 Å². The average molecular weight is 569 g/mol. The van der Waals surface area contributed by atoms with Crippen molar-refractivity contribution in [3.63, 3.8) is 0 Å². The fraction of sp³-hybridized carbons (Fsp3) is 0.308. The minimum absolute atomic E-state index is 0.0203. The molecule has 4 N–H and O–H groups in total. The van der Waals surface area contributed by atoms with Crippen LogP contribution in [0.3, 0.4) is 0 Å². The van der Waals surface area contributed by atoms with Gasteiger partial charge >= 0.3 is 18.1 Å². The molecule has 0 aliphatic carbocycles. The maximum Gasteiger partial charge on any atom is 0.414 e. The molecule has 0 radical (unpaired) electrons. The highest BCUT2D eigenvalue weighted by Crippen LogP contribution is 2.41. The average Bonchev–Trinajstić information content (AvgIpc) is 3.23. The molecule has 39 heavy (non-hydrogen) atoms. The van der Waals surface area contributed by atoms with Crippen LogP contribution in [0.5, 0.6) is 0 Å². The lowest BCUT2D eigenvalue weighted by molar-refractivity contribution is -0.152. The monoisotopic (exact) mass is 568 g/mol.